The van der Waals surface area contributed by atoms with E-state index in [1.54, 1.807) is 29.4 Å². The quantitative estimate of drug-likeness (QED) is 0.200. The molecule has 0 saturated carbocycles. The Kier molecular flexibility index (Phi) is 8.21. The van der Waals surface area contributed by atoms with E-state index >= 15 is 0 Å². The van der Waals surface area contributed by atoms with Crippen LogP contribution in [0, 0.1) is 6.92 Å². The predicted octanol–water partition coefficient (Wildman–Crippen LogP) is 6.78. The lowest BCUT2D eigenvalue weighted by molar-refractivity contribution is 0.0302. The van der Waals surface area contributed by atoms with E-state index in [0.29, 0.717) is 54.7 Å². The highest BCUT2D eigenvalue weighted by Crippen LogP contribution is 2.34. The molecule has 9 heteroatoms. The number of anilines is 2. The molecule has 7 rings (SSSR count). The van der Waals surface area contributed by atoms with Gasteiger partial charge < -0.3 is 15.0 Å². The summed E-state index contributed by atoms with van der Waals surface area (Å²) in [5.41, 5.74) is 7.81. The summed E-state index contributed by atoms with van der Waals surface area (Å²) in [6.45, 7) is 4.33. The van der Waals surface area contributed by atoms with Gasteiger partial charge in [-0.1, -0.05) is 60.7 Å². The molecule has 1 aliphatic rings. The summed E-state index contributed by atoms with van der Waals surface area (Å²) >= 11 is 0. The maximum absolute atomic E-state index is 12.9. The Bertz CT molecular complexity index is 1980. The van der Waals surface area contributed by atoms with Crippen molar-refractivity contribution in [2.45, 2.75) is 6.92 Å². The summed E-state index contributed by atoms with van der Waals surface area (Å²) < 4.78 is 5.36. The molecule has 0 radical (unpaired) electrons. The van der Waals surface area contributed by atoms with Gasteiger partial charge in [0.15, 0.2) is 5.82 Å². The highest BCUT2D eigenvalue weighted by molar-refractivity contribution is 6.15. The number of fused-ring (bicyclic) bond motifs is 1. The summed E-state index contributed by atoms with van der Waals surface area (Å²) in [6, 6.07) is 31.9. The molecule has 1 amide bonds. The number of carbonyl (C=O) groups is 1. The van der Waals surface area contributed by atoms with Gasteiger partial charge >= 0.3 is 0 Å². The fourth-order valence-electron chi connectivity index (χ4n) is 5.49. The molecule has 9 nitrogen and oxygen atoms in total. The number of hydrogen-bond acceptors (Lipinski definition) is 8. The fourth-order valence-corrected chi connectivity index (χ4v) is 5.49. The molecule has 0 atom stereocenters. The van der Waals surface area contributed by atoms with Crippen LogP contribution >= 0.6 is 0 Å². The van der Waals surface area contributed by atoms with Gasteiger partial charge in [0.05, 0.1) is 30.2 Å². The number of pyridine rings is 2. The van der Waals surface area contributed by atoms with Gasteiger partial charge in [0.25, 0.3) is 5.91 Å². The molecule has 1 saturated heterocycles. The Morgan fingerprint density at radius 3 is 2.22 bits per heavy atom. The molecule has 46 heavy (non-hydrogen) atoms. The van der Waals surface area contributed by atoms with Crippen molar-refractivity contribution >= 4 is 39.8 Å². The van der Waals surface area contributed by atoms with Crippen molar-refractivity contribution in [2.24, 2.45) is 4.99 Å². The van der Waals surface area contributed by atoms with E-state index < -0.39 is 0 Å². The first-order chi connectivity index (χ1) is 22.6. The molecule has 1 aliphatic heterocycles. The highest BCUT2D eigenvalue weighted by atomic mass is 16.5. The van der Waals surface area contributed by atoms with Crippen molar-refractivity contribution in [3.05, 3.63) is 138 Å². The van der Waals surface area contributed by atoms with Crippen LogP contribution in [0.5, 0.6) is 0 Å². The molecule has 226 valence electrons. The Labute approximate surface area is 266 Å². The second-order valence-electron chi connectivity index (χ2n) is 11.0. The second-order valence-corrected chi connectivity index (χ2v) is 11.0. The Balaban J connectivity index is 1.28. The third kappa shape index (κ3) is 6.22. The minimum Gasteiger partial charge on any atom is -0.378 e. The van der Waals surface area contributed by atoms with Crippen LogP contribution in [-0.2, 0) is 4.74 Å². The number of amides is 1. The van der Waals surface area contributed by atoms with Gasteiger partial charge in [-0.2, -0.15) is 0 Å². The highest BCUT2D eigenvalue weighted by Gasteiger charge is 2.19. The topological polar surface area (TPSA) is 105 Å². The Morgan fingerprint density at radius 2 is 1.54 bits per heavy atom. The molecule has 1 fully saturated rings. The largest absolute Gasteiger partial charge is 0.378 e. The second kappa shape index (κ2) is 13.1. The molecule has 0 unspecified atom stereocenters. The van der Waals surface area contributed by atoms with Crippen LogP contribution in [0.1, 0.15) is 27.0 Å². The molecule has 3 aromatic heterocycles. The molecule has 3 aromatic carbocycles. The van der Waals surface area contributed by atoms with Crippen LogP contribution in [0.25, 0.3) is 22.0 Å². The van der Waals surface area contributed by atoms with E-state index in [9.17, 15) is 4.79 Å². The SMILES string of the molecule is Cc1ccncc1-c1cc(N=C(c2ccccc2)c2ccccc2)c2nnc(Nc3ccc(C(=O)N4CCOCC4)cn3)cc2c1. The number of hydrogen-bond donors (Lipinski definition) is 1. The molecule has 0 aliphatic carbocycles. The lowest BCUT2D eigenvalue weighted by Crippen LogP contribution is -2.40. The number of aliphatic imine (C=N–C) groups is 1. The minimum absolute atomic E-state index is 0.0514. The maximum Gasteiger partial charge on any atom is 0.255 e. The van der Waals surface area contributed by atoms with Crippen LogP contribution in [0.4, 0.5) is 17.3 Å². The van der Waals surface area contributed by atoms with Crippen molar-refractivity contribution in [2.75, 3.05) is 31.6 Å². The third-order valence-electron chi connectivity index (χ3n) is 7.91. The Hall–Kier alpha value is -5.80. The molecular weight excluding hydrogens is 574 g/mol. The zero-order chi connectivity index (χ0) is 31.3. The summed E-state index contributed by atoms with van der Waals surface area (Å²) in [6.07, 6.45) is 5.25. The number of aromatic nitrogens is 4. The first-order valence-corrected chi connectivity index (χ1v) is 15.1. The van der Waals surface area contributed by atoms with Crippen LogP contribution in [0.3, 0.4) is 0 Å². The van der Waals surface area contributed by atoms with Crippen LogP contribution in [-0.4, -0.2) is 63.0 Å². The molecule has 1 N–H and O–H groups in total. The molecule has 6 aromatic rings. The standard InChI is InChI=1S/C37H31N7O2/c1-25-14-15-38-24-31(25)29-20-30-22-34(41-33-13-12-28(23-39-33)37(45)44-16-18-46-19-17-44)42-43-36(30)32(21-29)40-35(26-8-4-2-5-9-26)27-10-6-3-7-11-27/h2-15,20-24H,16-19H2,1H3,(H,39,41,42). The smallest absolute Gasteiger partial charge is 0.255 e. The van der Waals surface area contributed by atoms with Gasteiger partial charge in [-0.25, -0.2) is 9.98 Å². The van der Waals surface area contributed by atoms with Gasteiger partial charge in [0.1, 0.15) is 11.3 Å². The molecular formula is C37H31N7O2. The molecule has 4 heterocycles. The Morgan fingerprint density at radius 1 is 0.804 bits per heavy atom. The van der Waals surface area contributed by atoms with E-state index in [-0.39, 0.29) is 5.91 Å². The van der Waals surface area contributed by atoms with E-state index in [4.69, 9.17) is 9.73 Å². The van der Waals surface area contributed by atoms with Crippen LogP contribution < -0.4 is 5.32 Å². The number of nitrogens with one attached hydrogen (secondary N) is 1. The van der Waals surface area contributed by atoms with E-state index in [2.05, 4.69) is 62.7 Å². The monoisotopic (exact) mass is 605 g/mol. The molecule has 0 spiro atoms. The number of benzene rings is 3. The first kappa shape index (κ1) is 28.9. The van der Waals surface area contributed by atoms with Crippen molar-refractivity contribution in [3.8, 4) is 11.1 Å². The normalized spacial score (nSPS) is 12.9. The van der Waals surface area contributed by atoms with Crippen LogP contribution in [0.15, 0.2) is 121 Å². The predicted molar refractivity (Wildman–Crippen MR) is 180 cm³/mol. The van der Waals surface area contributed by atoms with Crippen LogP contribution in [0.2, 0.25) is 0 Å². The van der Waals surface area contributed by atoms with Gasteiger partial charge in [-0.3, -0.25) is 9.78 Å². The molecule has 0 bridgehead atoms. The van der Waals surface area contributed by atoms with Crippen molar-refractivity contribution in [1.82, 2.24) is 25.1 Å². The van der Waals surface area contributed by atoms with E-state index in [1.165, 1.54) is 0 Å². The summed E-state index contributed by atoms with van der Waals surface area (Å²) in [4.78, 5) is 28.7. The van der Waals surface area contributed by atoms with Gasteiger partial charge in [-0.15, -0.1) is 10.2 Å². The van der Waals surface area contributed by atoms with Gasteiger partial charge in [-0.05, 0) is 54.4 Å². The zero-order valence-corrected chi connectivity index (χ0v) is 25.3. The number of nitrogens with zero attached hydrogens (tertiary/aromatic N) is 6. The lowest BCUT2D eigenvalue weighted by Gasteiger charge is -2.26. The van der Waals surface area contributed by atoms with Gasteiger partial charge in [0, 0.05) is 53.8 Å². The number of aryl methyl sites for hydroxylation is 1. The van der Waals surface area contributed by atoms with Crippen molar-refractivity contribution in [3.63, 3.8) is 0 Å². The number of ether oxygens (including phenoxy) is 1. The summed E-state index contributed by atoms with van der Waals surface area (Å²) in [5.74, 6) is 1.03. The summed E-state index contributed by atoms with van der Waals surface area (Å²) in [5, 5.41) is 13.2. The lowest BCUT2D eigenvalue weighted by atomic mass is 9.99. The van der Waals surface area contributed by atoms with E-state index in [1.807, 2.05) is 60.8 Å². The fraction of sp³-hybridized carbons (Fsp3) is 0.135. The van der Waals surface area contributed by atoms with Crippen molar-refractivity contribution in [1.29, 1.82) is 0 Å². The average Bonchev–Trinajstić information content (AvgIpc) is 3.11. The number of carbonyl (C=O) groups excluding carboxylic acids is 1. The zero-order valence-electron chi connectivity index (χ0n) is 25.3. The van der Waals surface area contributed by atoms with E-state index in [0.717, 1.165) is 38.9 Å². The van der Waals surface area contributed by atoms with Crippen molar-refractivity contribution < 1.29 is 9.53 Å². The van der Waals surface area contributed by atoms with Gasteiger partial charge in [0.2, 0.25) is 0 Å². The number of rotatable bonds is 7. The minimum atomic E-state index is -0.0514. The number of morpholine rings is 1. The maximum atomic E-state index is 12.9. The summed E-state index contributed by atoms with van der Waals surface area (Å²) in [7, 11) is 0. The first-order valence-electron chi connectivity index (χ1n) is 15.1. The average molecular weight is 606 g/mol. The third-order valence-corrected chi connectivity index (χ3v) is 7.91.